The third-order valence-corrected chi connectivity index (χ3v) is 4.62. The van der Waals surface area contributed by atoms with Crippen molar-refractivity contribution in [3.63, 3.8) is 0 Å². The van der Waals surface area contributed by atoms with Gasteiger partial charge in [-0.3, -0.25) is 4.57 Å². The van der Waals surface area contributed by atoms with Gasteiger partial charge < -0.3 is 14.4 Å². The van der Waals surface area contributed by atoms with Crippen LogP contribution in [-0.4, -0.2) is 19.8 Å². The number of hydrogen-bond acceptors (Lipinski definition) is 4. The fourth-order valence-electron chi connectivity index (χ4n) is 1.74. The van der Waals surface area contributed by atoms with Crippen molar-refractivity contribution in [2.75, 3.05) is 25.1 Å². The highest BCUT2D eigenvalue weighted by Crippen LogP contribution is 2.51. The normalized spacial score (nSPS) is 11.5. The van der Waals surface area contributed by atoms with Crippen LogP contribution >= 0.6 is 7.60 Å². The molecular formula is C14H24NO3P. The number of hydrogen-bond donors (Lipinski definition) is 1. The molecule has 5 heteroatoms. The minimum Gasteiger partial charge on any atom is -0.385 e. The van der Waals surface area contributed by atoms with E-state index < -0.39 is 7.60 Å². The summed E-state index contributed by atoms with van der Waals surface area (Å²) >= 11 is 0. The summed E-state index contributed by atoms with van der Waals surface area (Å²) in [6, 6.07) is 7.91. The molecule has 1 N–H and O–H groups in total. The molecule has 0 amide bonds. The SMILES string of the molecule is CCCNc1ccc(CP(=O)(OCC)OCC)cc1. The first-order valence-corrected chi connectivity index (χ1v) is 8.57. The van der Waals surface area contributed by atoms with Crippen molar-refractivity contribution in [1.29, 1.82) is 0 Å². The molecule has 0 aliphatic rings. The van der Waals surface area contributed by atoms with E-state index in [1.54, 1.807) is 0 Å². The fraction of sp³-hybridized carbons (Fsp3) is 0.571. The van der Waals surface area contributed by atoms with Gasteiger partial charge in [-0.1, -0.05) is 19.1 Å². The topological polar surface area (TPSA) is 47.6 Å². The van der Waals surface area contributed by atoms with E-state index in [9.17, 15) is 4.57 Å². The molecule has 0 aliphatic heterocycles. The molecule has 0 aromatic heterocycles. The average Bonchev–Trinajstić information content (AvgIpc) is 2.38. The van der Waals surface area contributed by atoms with Crippen LogP contribution in [0.2, 0.25) is 0 Å². The second-order valence-electron chi connectivity index (χ2n) is 4.23. The quantitative estimate of drug-likeness (QED) is 0.688. The minimum absolute atomic E-state index is 0.322. The molecular weight excluding hydrogens is 261 g/mol. The second kappa shape index (κ2) is 8.36. The summed E-state index contributed by atoms with van der Waals surface area (Å²) in [5.74, 6) is 0. The van der Waals surface area contributed by atoms with Crippen molar-refractivity contribution in [2.45, 2.75) is 33.4 Å². The van der Waals surface area contributed by atoms with Crippen molar-refractivity contribution in [3.8, 4) is 0 Å². The molecule has 1 aromatic carbocycles. The van der Waals surface area contributed by atoms with Gasteiger partial charge in [0, 0.05) is 12.2 Å². The molecule has 0 unspecified atom stereocenters. The number of benzene rings is 1. The molecule has 1 rings (SSSR count). The van der Waals surface area contributed by atoms with E-state index in [4.69, 9.17) is 9.05 Å². The molecule has 0 spiro atoms. The van der Waals surface area contributed by atoms with Crippen LogP contribution in [0.4, 0.5) is 5.69 Å². The Morgan fingerprint density at radius 3 is 2.11 bits per heavy atom. The van der Waals surface area contributed by atoms with Gasteiger partial charge in [-0.15, -0.1) is 0 Å². The Balaban J connectivity index is 2.66. The first-order chi connectivity index (χ1) is 9.13. The van der Waals surface area contributed by atoms with Crippen molar-refractivity contribution in [1.82, 2.24) is 0 Å². The molecule has 0 aliphatic carbocycles. The maximum atomic E-state index is 12.4. The van der Waals surface area contributed by atoms with Gasteiger partial charge in [0.05, 0.1) is 19.4 Å². The summed E-state index contributed by atoms with van der Waals surface area (Å²) in [6.07, 6.45) is 1.41. The lowest BCUT2D eigenvalue weighted by atomic mass is 10.2. The maximum absolute atomic E-state index is 12.4. The molecule has 108 valence electrons. The van der Waals surface area contributed by atoms with Crippen LogP contribution in [0.25, 0.3) is 0 Å². The van der Waals surface area contributed by atoms with Crippen LogP contribution in [-0.2, 0) is 19.8 Å². The van der Waals surface area contributed by atoms with Crippen molar-refractivity contribution >= 4 is 13.3 Å². The molecule has 0 atom stereocenters. The summed E-state index contributed by atoms with van der Waals surface area (Å²) in [5, 5.41) is 3.30. The monoisotopic (exact) mass is 285 g/mol. The van der Waals surface area contributed by atoms with E-state index in [2.05, 4.69) is 12.2 Å². The van der Waals surface area contributed by atoms with Gasteiger partial charge in [-0.05, 0) is 38.0 Å². The fourth-order valence-corrected chi connectivity index (χ4v) is 3.44. The maximum Gasteiger partial charge on any atom is 0.335 e. The van der Waals surface area contributed by atoms with Crippen LogP contribution in [0.3, 0.4) is 0 Å². The predicted octanol–water partition coefficient (Wildman–Crippen LogP) is 4.27. The van der Waals surface area contributed by atoms with Crippen LogP contribution in [0.5, 0.6) is 0 Å². The first-order valence-electron chi connectivity index (χ1n) is 6.84. The van der Waals surface area contributed by atoms with E-state index in [1.165, 1.54) is 0 Å². The van der Waals surface area contributed by atoms with E-state index in [0.717, 1.165) is 24.2 Å². The Morgan fingerprint density at radius 2 is 1.63 bits per heavy atom. The summed E-state index contributed by atoms with van der Waals surface area (Å²) in [5.41, 5.74) is 2.04. The van der Waals surface area contributed by atoms with Gasteiger partial charge in [0.1, 0.15) is 0 Å². The lowest BCUT2D eigenvalue weighted by molar-refractivity contribution is 0.219. The average molecular weight is 285 g/mol. The lowest BCUT2D eigenvalue weighted by Crippen LogP contribution is -2.01. The Hall–Kier alpha value is -0.830. The summed E-state index contributed by atoms with van der Waals surface area (Å²) < 4.78 is 23.0. The number of anilines is 1. The van der Waals surface area contributed by atoms with Crippen LogP contribution in [0.1, 0.15) is 32.8 Å². The second-order valence-corrected chi connectivity index (χ2v) is 6.28. The molecule has 0 radical (unpaired) electrons. The van der Waals surface area contributed by atoms with Crippen LogP contribution in [0.15, 0.2) is 24.3 Å². The summed E-state index contributed by atoms with van der Waals surface area (Å²) in [7, 11) is -3.00. The van der Waals surface area contributed by atoms with E-state index in [1.807, 2.05) is 38.1 Å². The summed E-state index contributed by atoms with van der Waals surface area (Å²) in [6.45, 7) is 7.52. The number of nitrogens with one attached hydrogen (secondary N) is 1. The molecule has 0 bridgehead atoms. The molecule has 0 saturated carbocycles. The van der Waals surface area contributed by atoms with Crippen molar-refractivity contribution < 1.29 is 13.6 Å². The minimum atomic E-state index is -3.00. The molecule has 0 saturated heterocycles. The first kappa shape index (κ1) is 16.2. The molecule has 0 fully saturated rings. The molecule has 1 aromatic rings. The van der Waals surface area contributed by atoms with Crippen LogP contribution < -0.4 is 5.32 Å². The zero-order valence-electron chi connectivity index (χ0n) is 12.0. The molecule has 19 heavy (non-hydrogen) atoms. The number of rotatable bonds is 9. The van der Waals surface area contributed by atoms with Gasteiger partial charge in [-0.2, -0.15) is 0 Å². The predicted molar refractivity (Wildman–Crippen MR) is 79.8 cm³/mol. The van der Waals surface area contributed by atoms with Crippen molar-refractivity contribution in [3.05, 3.63) is 29.8 Å². The highest BCUT2D eigenvalue weighted by Gasteiger charge is 2.23. The zero-order chi connectivity index (χ0) is 14.1. The highest BCUT2D eigenvalue weighted by molar-refractivity contribution is 7.53. The smallest absolute Gasteiger partial charge is 0.335 e. The molecule has 0 heterocycles. The highest BCUT2D eigenvalue weighted by atomic mass is 31.2. The Bertz CT molecular complexity index is 396. The third kappa shape index (κ3) is 5.77. The Labute approximate surface area is 116 Å². The van der Waals surface area contributed by atoms with E-state index in [-0.39, 0.29) is 0 Å². The van der Waals surface area contributed by atoms with E-state index >= 15 is 0 Å². The Morgan fingerprint density at radius 1 is 1.05 bits per heavy atom. The lowest BCUT2D eigenvalue weighted by Gasteiger charge is -2.17. The third-order valence-electron chi connectivity index (χ3n) is 2.56. The Kier molecular flexibility index (Phi) is 7.14. The molecule has 4 nitrogen and oxygen atoms in total. The zero-order valence-corrected chi connectivity index (χ0v) is 12.9. The van der Waals surface area contributed by atoms with Gasteiger partial charge in [0.15, 0.2) is 0 Å². The summed E-state index contributed by atoms with van der Waals surface area (Å²) in [4.78, 5) is 0. The van der Waals surface area contributed by atoms with Gasteiger partial charge in [0.25, 0.3) is 0 Å². The van der Waals surface area contributed by atoms with Gasteiger partial charge in [0.2, 0.25) is 0 Å². The standard InChI is InChI=1S/C14H24NO3P/c1-4-11-15-14-9-7-13(8-10-14)12-19(16,17-5-2)18-6-3/h7-10,15H,4-6,11-12H2,1-3H3. The van der Waals surface area contributed by atoms with Crippen LogP contribution in [0, 0.1) is 0 Å². The van der Waals surface area contributed by atoms with Crippen molar-refractivity contribution in [2.24, 2.45) is 0 Å². The van der Waals surface area contributed by atoms with Gasteiger partial charge >= 0.3 is 7.60 Å². The van der Waals surface area contributed by atoms with Gasteiger partial charge in [-0.25, -0.2) is 0 Å². The largest absolute Gasteiger partial charge is 0.385 e. The van der Waals surface area contributed by atoms with E-state index in [0.29, 0.717) is 19.4 Å².